The fourth-order valence-corrected chi connectivity index (χ4v) is 2.49. The van der Waals surface area contributed by atoms with E-state index in [4.69, 9.17) is 32.7 Å². The lowest BCUT2D eigenvalue weighted by Gasteiger charge is -2.16. The molecule has 5 nitrogen and oxygen atoms in total. The molecule has 0 aliphatic carbocycles. The standard InChI is InChI=1S/C19H19Cl2NO4/c1-12(14-4-3-5-16(21)10-14)22-18(23)11-25-19(24)13(2)26-17-8-6-15(20)7-9-17/h3-10,12-13H,11H2,1-2H3,(H,22,23)/t12-,13-/m1/s1. The fourth-order valence-electron chi connectivity index (χ4n) is 2.16. The van der Waals surface area contributed by atoms with E-state index < -0.39 is 24.6 Å². The molecule has 2 rings (SSSR count). The van der Waals surface area contributed by atoms with E-state index in [0.717, 1.165) is 5.56 Å². The van der Waals surface area contributed by atoms with Gasteiger partial charge in [-0.05, 0) is 55.8 Å². The quantitative estimate of drug-likeness (QED) is 0.714. The zero-order valence-electron chi connectivity index (χ0n) is 14.4. The van der Waals surface area contributed by atoms with Crippen molar-refractivity contribution in [3.63, 3.8) is 0 Å². The number of amides is 1. The minimum atomic E-state index is -0.852. The van der Waals surface area contributed by atoms with Gasteiger partial charge in [0.1, 0.15) is 5.75 Å². The van der Waals surface area contributed by atoms with E-state index in [0.29, 0.717) is 15.8 Å². The molecule has 0 aromatic heterocycles. The molecule has 1 amide bonds. The lowest BCUT2D eigenvalue weighted by atomic mass is 10.1. The number of hydrogen-bond donors (Lipinski definition) is 1. The maximum Gasteiger partial charge on any atom is 0.347 e. The molecule has 0 aliphatic heterocycles. The Bertz CT molecular complexity index is 764. The molecule has 2 atom stereocenters. The van der Waals surface area contributed by atoms with Crippen LogP contribution in [0.4, 0.5) is 0 Å². The highest BCUT2D eigenvalue weighted by atomic mass is 35.5. The first-order valence-electron chi connectivity index (χ1n) is 7.99. The summed E-state index contributed by atoms with van der Waals surface area (Å²) in [7, 11) is 0. The smallest absolute Gasteiger partial charge is 0.347 e. The van der Waals surface area contributed by atoms with Crippen molar-refractivity contribution in [3.8, 4) is 5.75 Å². The van der Waals surface area contributed by atoms with Gasteiger partial charge >= 0.3 is 5.97 Å². The van der Waals surface area contributed by atoms with Crippen molar-refractivity contribution in [1.82, 2.24) is 5.32 Å². The lowest BCUT2D eigenvalue weighted by Crippen LogP contribution is -2.34. The van der Waals surface area contributed by atoms with Crippen LogP contribution in [0.15, 0.2) is 48.5 Å². The average molecular weight is 396 g/mol. The summed E-state index contributed by atoms with van der Waals surface area (Å²) in [5.41, 5.74) is 0.858. The Labute approximate surface area is 162 Å². The lowest BCUT2D eigenvalue weighted by molar-refractivity contribution is -0.154. The zero-order valence-corrected chi connectivity index (χ0v) is 15.9. The summed E-state index contributed by atoms with van der Waals surface area (Å²) in [6.45, 7) is 2.97. The third-order valence-electron chi connectivity index (χ3n) is 3.53. The Kier molecular flexibility index (Phi) is 7.30. The fraction of sp³-hybridized carbons (Fsp3) is 0.263. The van der Waals surface area contributed by atoms with Gasteiger partial charge in [0.05, 0.1) is 6.04 Å². The van der Waals surface area contributed by atoms with Gasteiger partial charge in [-0.25, -0.2) is 4.79 Å². The van der Waals surface area contributed by atoms with Crippen LogP contribution in [-0.2, 0) is 14.3 Å². The molecule has 2 aromatic carbocycles. The molecule has 0 spiro atoms. The molecule has 138 valence electrons. The number of carbonyl (C=O) groups excluding carboxylic acids is 2. The van der Waals surface area contributed by atoms with Crippen LogP contribution < -0.4 is 10.1 Å². The molecule has 1 N–H and O–H groups in total. The number of esters is 1. The molecule has 0 unspecified atom stereocenters. The number of nitrogens with one attached hydrogen (secondary N) is 1. The van der Waals surface area contributed by atoms with Gasteiger partial charge in [-0.1, -0.05) is 35.3 Å². The molecule has 0 aliphatic rings. The predicted molar refractivity (Wildman–Crippen MR) is 101 cm³/mol. The Morgan fingerprint density at radius 2 is 1.73 bits per heavy atom. The van der Waals surface area contributed by atoms with Crippen molar-refractivity contribution >= 4 is 35.1 Å². The number of carbonyl (C=O) groups is 2. The topological polar surface area (TPSA) is 64.6 Å². The van der Waals surface area contributed by atoms with E-state index in [9.17, 15) is 9.59 Å². The van der Waals surface area contributed by atoms with Gasteiger partial charge in [0, 0.05) is 10.0 Å². The molecule has 26 heavy (non-hydrogen) atoms. The second kappa shape index (κ2) is 9.46. The first kappa shape index (κ1) is 20.1. The zero-order chi connectivity index (χ0) is 19.1. The highest BCUT2D eigenvalue weighted by Crippen LogP contribution is 2.18. The van der Waals surface area contributed by atoms with E-state index in [2.05, 4.69) is 5.32 Å². The van der Waals surface area contributed by atoms with Crippen LogP contribution in [-0.4, -0.2) is 24.6 Å². The van der Waals surface area contributed by atoms with Crippen molar-refractivity contribution in [2.45, 2.75) is 26.0 Å². The van der Waals surface area contributed by atoms with Crippen LogP contribution in [0.2, 0.25) is 10.0 Å². The van der Waals surface area contributed by atoms with Crippen LogP contribution in [0.3, 0.4) is 0 Å². The second-order valence-electron chi connectivity index (χ2n) is 5.67. The summed E-state index contributed by atoms with van der Waals surface area (Å²) in [4.78, 5) is 23.9. The maximum absolute atomic E-state index is 12.0. The summed E-state index contributed by atoms with van der Waals surface area (Å²) >= 11 is 11.7. The Morgan fingerprint density at radius 3 is 2.38 bits per heavy atom. The number of halogens is 2. The average Bonchev–Trinajstić information content (AvgIpc) is 2.61. The highest BCUT2D eigenvalue weighted by molar-refractivity contribution is 6.30. The summed E-state index contributed by atoms with van der Waals surface area (Å²) in [5.74, 6) is -0.562. The molecular formula is C19H19Cl2NO4. The third-order valence-corrected chi connectivity index (χ3v) is 4.02. The SMILES string of the molecule is C[C@@H](Oc1ccc(Cl)cc1)C(=O)OCC(=O)N[C@H](C)c1cccc(Cl)c1. The van der Waals surface area contributed by atoms with Crippen molar-refractivity contribution in [2.75, 3.05) is 6.61 Å². The molecule has 0 bridgehead atoms. The van der Waals surface area contributed by atoms with Gasteiger partial charge < -0.3 is 14.8 Å². The van der Waals surface area contributed by atoms with E-state index in [1.165, 1.54) is 0 Å². The predicted octanol–water partition coefficient (Wildman–Crippen LogP) is 4.18. The van der Waals surface area contributed by atoms with Crippen LogP contribution >= 0.6 is 23.2 Å². The summed E-state index contributed by atoms with van der Waals surface area (Å²) in [6, 6.07) is 13.5. The van der Waals surface area contributed by atoms with Gasteiger partial charge in [-0.2, -0.15) is 0 Å². The van der Waals surface area contributed by atoms with Gasteiger partial charge in [0.15, 0.2) is 12.7 Å². The normalized spacial score (nSPS) is 12.8. The monoisotopic (exact) mass is 395 g/mol. The largest absolute Gasteiger partial charge is 0.479 e. The molecule has 0 saturated heterocycles. The Morgan fingerprint density at radius 1 is 1.04 bits per heavy atom. The van der Waals surface area contributed by atoms with Crippen LogP contribution in [0.25, 0.3) is 0 Å². The molecule has 0 saturated carbocycles. The van der Waals surface area contributed by atoms with Gasteiger partial charge in [-0.15, -0.1) is 0 Å². The van der Waals surface area contributed by atoms with Crippen molar-refractivity contribution < 1.29 is 19.1 Å². The minimum Gasteiger partial charge on any atom is -0.479 e. The molecule has 7 heteroatoms. The van der Waals surface area contributed by atoms with Crippen molar-refractivity contribution in [2.24, 2.45) is 0 Å². The van der Waals surface area contributed by atoms with Gasteiger partial charge in [0.2, 0.25) is 0 Å². The second-order valence-corrected chi connectivity index (χ2v) is 6.54. The Hall–Kier alpha value is -2.24. The molecule has 0 radical (unpaired) electrons. The van der Waals surface area contributed by atoms with E-state index >= 15 is 0 Å². The number of ether oxygens (including phenoxy) is 2. The summed E-state index contributed by atoms with van der Waals surface area (Å²) < 4.78 is 10.4. The van der Waals surface area contributed by atoms with Crippen LogP contribution in [0.1, 0.15) is 25.5 Å². The highest BCUT2D eigenvalue weighted by Gasteiger charge is 2.18. The number of benzene rings is 2. The first-order valence-corrected chi connectivity index (χ1v) is 8.74. The minimum absolute atomic E-state index is 0.261. The number of rotatable bonds is 7. The van der Waals surface area contributed by atoms with Crippen molar-refractivity contribution in [3.05, 3.63) is 64.1 Å². The molecule has 0 fully saturated rings. The first-order chi connectivity index (χ1) is 12.3. The van der Waals surface area contributed by atoms with E-state index in [-0.39, 0.29) is 6.04 Å². The van der Waals surface area contributed by atoms with E-state index in [1.807, 2.05) is 13.0 Å². The number of hydrogen-bond acceptors (Lipinski definition) is 4. The Balaban J connectivity index is 1.78. The van der Waals surface area contributed by atoms with Crippen LogP contribution in [0, 0.1) is 0 Å². The summed E-state index contributed by atoms with van der Waals surface area (Å²) in [5, 5.41) is 3.90. The molecule has 0 heterocycles. The summed E-state index contributed by atoms with van der Waals surface area (Å²) in [6.07, 6.45) is -0.852. The van der Waals surface area contributed by atoms with Gasteiger partial charge in [0.25, 0.3) is 5.91 Å². The maximum atomic E-state index is 12.0. The molecular weight excluding hydrogens is 377 g/mol. The van der Waals surface area contributed by atoms with Gasteiger partial charge in [-0.3, -0.25) is 4.79 Å². The van der Waals surface area contributed by atoms with Crippen molar-refractivity contribution in [1.29, 1.82) is 0 Å². The third kappa shape index (κ3) is 6.24. The molecule has 2 aromatic rings. The van der Waals surface area contributed by atoms with Crippen LogP contribution in [0.5, 0.6) is 5.75 Å². The van der Waals surface area contributed by atoms with E-state index in [1.54, 1.807) is 49.4 Å².